The molecule has 2 amide bonds. The Morgan fingerprint density at radius 1 is 0.878 bits per heavy atom. The Labute approximate surface area is 253 Å². The molecule has 41 heavy (non-hydrogen) atoms. The summed E-state index contributed by atoms with van der Waals surface area (Å²) in [5, 5.41) is 3.67. The summed E-state index contributed by atoms with van der Waals surface area (Å²) in [5.74, 6) is -0.885. The number of anilines is 1. The van der Waals surface area contributed by atoms with Crippen molar-refractivity contribution >= 4 is 50.9 Å². The molecule has 0 spiro atoms. The minimum absolute atomic E-state index is 0.00574. The van der Waals surface area contributed by atoms with E-state index in [0.29, 0.717) is 27.7 Å². The molecule has 3 aromatic carbocycles. The molecule has 0 unspecified atom stereocenters. The van der Waals surface area contributed by atoms with Gasteiger partial charge < -0.3 is 10.2 Å². The number of amides is 2. The molecule has 0 fully saturated rings. The Morgan fingerprint density at radius 2 is 1.49 bits per heavy atom. The van der Waals surface area contributed by atoms with Crippen LogP contribution in [-0.4, -0.2) is 62.2 Å². The summed E-state index contributed by atoms with van der Waals surface area (Å²) in [7, 11) is -1.25. The van der Waals surface area contributed by atoms with E-state index in [1.54, 1.807) is 48.5 Å². The summed E-state index contributed by atoms with van der Waals surface area (Å²) in [5.41, 5.74) is 1.82. The molecular formula is C30H36Cl2N4O4S. The van der Waals surface area contributed by atoms with Crippen LogP contribution in [-0.2, 0) is 32.8 Å². The molecule has 3 rings (SSSR count). The van der Waals surface area contributed by atoms with Gasteiger partial charge in [-0.15, -0.1) is 0 Å². The molecule has 11 heteroatoms. The standard InChI is InChI=1S/C30H36Cl2N4O4S/c1-5-22(2)33-30(38)28(19-23-12-8-6-9-13-23)35(20-24-16-17-26(31)27(32)18-24)29(37)21-36(41(39,40)34(3)4)25-14-10-7-11-15-25/h6-18,22,28H,5,19-21H2,1-4H3,(H,33,38)/t22-,28-/m0/s1. The Bertz CT molecular complexity index is 1420. The highest BCUT2D eigenvalue weighted by molar-refractivity contribution is 7.90. The highest BCUT2D eigenvalue weighted by Crippen LogP contribution is 2.25. The molecule has 220 valence electrons. The molecule has 0 radical (unpaired) electrons. The Balaban J connectivity index is 2.10. The summed E-state index contributed by atoms with van der Waals surface area (Å²) in [6.45, 7) is 3.34. The summed E-state index contributed by atoms with van der Waals surface area (Å²) in [6, 6.07) is 21.7. The minimum atomic E-state index is -4.05. The van der Waals surface area contributed by atoms with E-state index in [9.17, 15) is 18.0 Å². The van der Waals surface area contributed by atoms with Gasteiger partial charge in [0, 0.05) is 33.1 Å². The van der Waals surface area contributed by atoms with E-state index in [0.717, 1.165) is 14.2 Å². The second kappa shape index (κ2) is 14.7. The summed E-state index contributed by atoms with van der Waals surface area (Å²) >= 11 is 12.4. The second-order valence-electron chi connectivity index (χ2n) is 9.93. The summed E-state index contributed by atoms with van der Waals surface area (Å²) in [4.78, 5) is 29.4. The lowest BCUT2D eigenvalue weighted by Gasteiger charge is -2.35. The third-order valence-electron chi connectivity index (χ3n) is 6.67. The van der Waals surface area contributed by atoms with E-state index in [2.05, 4.69) is 5.32 Å². The fourth-order valence-corrected chi connectivity index (χ4v) is 5.52. The molecule has 0 saturated carbocycles. The van der Waals surface area contributed by atoms with Gasteiger partial charge in [0.1, 0.15) is 12.6 Å². The predicted molar refractivity (Wildman–Crippen MR) is 165 cm³/mol. The maximum atomic E-state index is 14.2. The van der Waals surface area contributed by atoms with Crippen molar-refractivity contribution in [2.24, 2.45) is 0 Å². The molecule has 1 N–H and O–H groups in total. The predicted octanol–water partition coefficient (Wildman–Crippen LogP) is 5.16. The molecule has 0 aromatic heterocycles. The smallest absolute Gasteiger partial charge is 0.304 e. The molecule has 0 aliphatic heterocycles. The van der Waals surface area contributed by atoms with Crippen LogP contribution in [0.2, 0.25) is 10.0 Å². The maximum absolute atomic E-state index is 14.2. The quantitative estimate of drug-likeness (QED) is 0.286. The van der Waals surface area contributed by atoms with Crippen molar-refractivity contribution in [1.82, 2.24) is 14.5 Å². The third-order valence-corrected chi connectivity index (χ3v) is 9.23. The van der Waals surface area contributed by atoms with Gasteiger partial charge >= 0.3 is 10.2 Å². The molecule has 0 saturated heterocycles. The zero-order valence-corrected chi connectivity index (χ0v) is 26.0. The van der Waals surface area contributed by atoms with Crippen LogP contribution >= 0.6 is 23.2 Å². The van der Waals surface area contributed by atoms with E-state index < -0.39 is 28.7 Å². The number of carbonyl (C=O) groups excluding carboxylic acids is 2. The fraction of sp³-hybridized carbons (Fsp3) is 0.333. The van der Waals surface area contributed by atoms with Crippen molar-refractivity contribution in [3.05, 3.63) is 100 Å². The first kappa shape index (κ1) is 32.4. The zero-order chi connectivity index (χ0) is 30.2. The van der Waals surface area contributed by atoms with Crippen LogP contribution in [0.25, 0.3) is 0 Å². The van der Waals surface area contributed by atoms with Gasteiger partial charge in [-0.25, -0.2) is 4.31 Å². The molecule has 0 heterocycles. The van der Waals surface area contributed by atoms with Crippen LogP contribution < -0.4 is 9.62 Å². The number of rotatable bonds is 13. The van der Waals surface area contributed by atoms with E-state index in [-0.39, 0.29) is 24.9 Å². The number of halogens is 2. The maximum Gasteiger partial charge on any atom is 0.304 e. The number of hydrogen-bond acceptors (Lipinski definition) is 4. The number of hydrogen-bond donors (Lipinski definition) is 1. The van der Waals surface area contributed by atoms with Gasteiger partial charge in [-0.05, 0) is 48.7 Å². The lowest BCUT2D eigenvalue weighted by molar-refractivity contribution is -0.140. The van der Waals surface area contributed by atoms with Gasteiger partial charge in [0.25, 0.3) is 0 Å². The van der Waals surface area contributed by atoms with Crippen LogP contribution in [0, 0.1) is 0 Å². The normalized spacial score (nSPS) is 13.0. The van der Waals surface area contributed by atoms with E-state index in [4.69, 9.17) is 23.2 Å². The van der Waals surface area contributed by atoms with Gasteiger partial charge in [-0.1, -0.05) is 84.7 Å². The zero-order valence-electron chi connectivity index (χ0n) is 23.6. The van der Waals surface area contributed by atoms with Crippen LogP contribution in [0.5, 0.6) is 0 Å². The molecule has 0 bridgehead atoms. The van der Waals surface area contributed by atoms with Crippen molar-refractivity contribution in [3.8, 4) is 0 Å². The lowest BCUT2D eigenvalue weighted by Crippen LogP contribution is -2.55. The number of para-hydroxylation sites is 1. The third kappa shape index (κ3) is 8.69. The van der Waals surface area contributed by atoms with Gasteiger partial charge in [0.05, 0.1) is 15.7 Å². The van der Waals surface area contributed by atoms with Crippen LogP contribution in [0.3, 0.4) is 0 Å². The molecule has 3 aromatic rings. The van der Waals surface area contributed by atoms with Crippen molar-refractivity contribution in [2.75, 3.05) is 24.9 Å². The second-order valence-corrected chi connectivity index (χ2v) is 12.8. The first-order valence-corrected chi connectivity index (χ1v) is 15.4. The summed E-state index contributed by atoms with van der Waals surface area (Å²) in [6.07, 6.45) is 0.926. The first-order chi connectivity index (χ1) is 19.4. The average Bonchev–Trinajstić information content (AvgIpc) is 2.95. The van der Waals surface area contributed by atoms with Crippen molar-refractivity contribution < 1.29 is 18.0 Å². The molecule has 8 nitrogen and oxygen atoms in total. The van der Waals surface area contributed by atoms with E-state index in [1.807, 2.05) is 44.2 Å². The van der Waals surface area contributed by atoms with Crippen LogP contribution in [0.4, 0.5) is 5.69 Å². The Kier molecular flexibility index (Phi) is 11.6. The molecule has 0 aliphatic carbocycles. The van der Waals surface area contributed by atoms with Crippen molar-refractivity contribution in [1.29, 1.82) is 0 Å². The molecule has 0 aliphatic rings. The van der Waals surface area contributed by atoms with E-state index >= 15 is 0 Å². The van der Waals surface area contributed by atoms with Gasteiger partial charge in [-0.3, -0.25) is 9.59 Å². The minimum Gasteiger partial charge on any atom is -0.352 e. The number of nitrogens with zero attached hydrogens (tertiary/aromatic N) is 3. The Morgan fingerprint density at radius 3 is 2.05 bits per heavy atom. The van der Waals surface area contributed by atoms with Crippen molar-refractivity contribution in [2.45, 2.75) is 45.3 Å². The van der Waals surface area contributed by atoms with Gasteiger partial charge in [0.2, 0.25) is 11.8 Å². The monoisotopic (exact) mass is 618 g/mol. The van der Waals surface area contributed by atoms with Crippen LogP contribution in [0.15, 0.2) is 78.9 Å². The first-order valence-electron chi connectivity index (χ1n) is 13.3. The molecule has 2 atom stereocenters. The molecular weight excluding hydrogens is 583 g/mol. The number of carbonyl (C=O) groups is 2. The highest BCUT2D eigenvalue weighted by atomic mass is 35.5. The summed E-state index contributed by atoms with van der Waals surface area (Å²) < 4.78 is 28.9. The fourth-order valence-electron chi connectivity index (χ4n) is 4.14. The van der Waals surface area contributed by atoms with Crippen LogP contribution in [0.1, 0.15) is 31.4 Å². The van der Waals surface area contributed by atoms with Gasteiger partial charge in [0.15, 0.2) is 0 Å². The average molecular weight is 620 g/mol. The highest BCUT2D eigenvalue weighted by Gasteiger charge is 2.35. The lowest BCUT2D eigenvalue weighted by atomic mass is 10.0. The van der Waals surface area contributed by atoms with Crippen molar-refractivity contribution in [3.63, 3.8) is 0 Å². The Hall–Kier alpha value is -3.11. The topological polar surface area (TPSA) is 90.0 Å². The number of nitrogens with one attached hydrogen (secondary N) is 1. The van der Waals surface area contributed by atoms with E-state index in [1.165, 1.54) is 19.0 Å². The largest absolute Gasteiger partial charge is 0.352 e. The number of benzene rings is 3. The van der Waals surface area contributed by atoms with Gasteiger partial charge in [-0.2, -0.15) is 12.7 Å². The SMILES string of the molecule is CC[C@H](C)NC(=O)[C@H](Cc1ccccc1)N(Cc1ccc(Cl)c(Cl)c1)C(=O)CN(c1ccccc1)S(=O)(=O)N(C)C.